The fourth-order valence-corrected chi connectivity index (χ4v) is 4.69. The van der Waals surface area contributed by atoms with Crippen LogP contribution < -0.4 is 10.5 Å². The number of nitrogens with zero attached hydrogens (tertiary/aromatic N) is 1. The summed E-state index contributed by atoms with van der Waals surface area (Å²) in [5.41, 5.74) is 11.5. The lowest BCUT2D eigenvalue weighted by Crippen LogP contribution is -2.43. The van der Waals surface area contributed by atoms with Gasteiger partial charge in [-0.2, -0.15) is 0 Å². The molecule has 5 nitrogen and oxygen atoms in total. The molecule has 2 heterocycles. The molecule has 1 aromatic heterocycles. The number of urea groups is 1. The third-order valence-electron chi connectivity index (χ3n) is 6.13. The zero-order valence-corrected chi connectivity index (χ0v) is 18.1. The molecule has 3 aromatic carbocycles. The number of methoxy groups -OCH3 is 1. The van der Waals surface area contributed by atoms with Crippen molar-refractivity contribution in [2.24, 2.45) is 5.73 Å². The molecule has 0 saturated heterocycles. The van der Waals surface area contributed by atoms with Crippen molar-refractivity contribution in [3.05, 3.63) is 88.3 Å². The minimum atomic E-state index is -0.498. The molecular weight excluding hydrogens is 429 g/mol. The Kier molecular flexibility index (Phi) is 5.02. The first-order valence-electron chi connectivity index (χ1n) is 10.3. The molecule has 0 bridgehead atoms. The van der Waals surface area contributed by atoms with E-state index in [0.29, 0.717) is 18.5 Å². The second-order valence-corrected chi connectivity index (χ2v) is 8.29. The number of nitrogens with one attached hydrogen (secondary N) is 1. The van der Waals surface area contributed by atoms with Crippen molar-refractivity contribution in [1.82, 2.24) is 9.88 Å². The summed E-state index contributed by atoms with van der Waals surface area (Å²) < 4.78 is 19.2. The molecule has 1 aliphatic heterocycles. The lowest BCUT2D eigenvalue weighted by Gasteiger charge is -2.36. The van der Waals surface area contributed by atoms with E-state index in [-0.39, 0.29) is 5.02 Å². The van der Waals surface area contributed by atoms with Crippen LogP contribution in [-0.2, 0) is 6.42 Å². The number of hydrogen-bond donors (Lipinski definition) is 2. The average Bonchev–Trinajstić information content (AvgIpc) is 3.20. The summed E-state index contributed by atoms with van der Waals surface area (Å²) in [7, 11) is 1.64. The number of aromatic nitrogens is 1. The number of halogens is 2. The van der Waals surface area contributed by atoms with Gasteiger partial charge in [0.2, 0.25) is 0 Å². The number of H-pyrrole nitrogens is 1. The van der Waals surface area contributed by atoms with E-state index in [9.17, 15) is 9.18 Å². The van der Waals surface area contributed by atoms with Crippen molar-refractivity contribution in [2.45, 2.75) is 12.5 Å². The van der Waals surface area contributed by atoms with Crippen molar-refractivity contribution in [3.63, 3.8) is 0 Å². The number of primary amides is 1. The van der Waals surface area contributed by atoms with Crippen molar-refractivity contribution in [3.8, 4) is 16.9 Å². The first-order chi connectivity index (χ1) is 15.5. The summed E-state index contributed by atoms with van der Waals surface area (Å²) in [6, 6.07) is 16.2. The molecular formula is C25H21ClFN3O2. The van der Waals surface area contributed by atoms with Gasteiger partial charge >= 0.3 is 6.03 Å². The number of aromatic amines is 1. The van der Waals surface area contributed by atoms with E-state index < -0.39 is 17.9 Å². The summed E-state index contributed by atoms with van der Waals surface area (Å²) >= 11 is 6.06. The predicted molar refractivity (Wildman–Crippen MR) is 124 cm³/mol. The Morgan fingerprint density at radius 3 is 2.59 bits per heavy atom. The van der Waals surface area contributed by atoms with E-state index in [1.807, 2.05) is 36.4 Å². The Hall–Kier alpha value is -3.51. The van der Waals surface area contributed by atoms with Crippen LogP contribution in [0.2, 0.25) is 5.02 Å². The van der Waals surface area contributed by atoms with Crippen molar-refractivity contribution < 1.29 is 13.9 Å². The molecule has 0 radical (unpaired) electrons. The molecule has 32 heavy (non-hydrogen) atoms. The molecule has 162 valence electrons. The Morgan fingerprint density at radius 1 is 1.12 bits per heavy atom. The van der Waals surface area contributed by atoms with Gasteiger partial charge < -0.3 is 20.4 Å². The van der Waals surface area contributed by atoms with Gasteiger partial charge in [-0.15, -0.1) is 0 Å². The predicted octanol–water partition coefficient (Wildman–Crippen LogP) is 5.66. The molecule has 0 saturated carbocycles. The van der Waals surface area contributed by atoms with Gasteiger partial charge in [0.05, 0.1) is 18.2 Å². The molecule has 7 heteroatoms. The molecule has 0 aliphatic carbocycles. The smallest absolute Gasteiger partial charge is 0.315 e. The number of nitrogens with two attached hydrogens (primary N) is 1. The summed E-state index contributed by atoms with van der Waals surface area (Å²) in [4.78, 5) is 17.1. The summed E-state index contributed by atoms with van der Waals surface area (Å²) in [6.45, 7) is 0.487. The molecule has 1 unspecified atom stereocenters. The highest BCUT2D eigenvalue weighted by Crippen LogP contribution is 2.40. The van der Waals surface area contributed by atoms with Crippen LogP contribution in [0.3, 0.4) is 0 Å². The van der Waals surface area contributed by atoms with Crippen LogP contribution in [0.5, 0.6) is 5.75 Å². The van der Waals surface area contributed by atoms with E-state index in [4.69, 9.17) is 22.1 Å². The molecule has 5 rings (SSSR count). The Balaban J connectivity index is 1.63. The zero-order chi connectivity index (χ0) is 22.4. The number of benzene rings is 3. The third kappa shape index (κ3) is 3.37. The van der Waals surface area contributed by atoms with Gasteiger partial charge in [0, 0.05) is 29.2 Å². The SMILES string of the molecule is COc1ccc(-c2ccc3c(c2)CCN(C(N)=O)C3c2c[nH]c3cc(F)c(Cl)cc23)cc1. The molecule has 4 aromatic rings. The maximum atomic E-state index is 14.0. The minimum absolute atomic E-state index is 0.0369. The lowest BCUT2D eigenvalue weighted by atomic mass is 9.86. The number of hydrogen-bond acceptors (Lipinski definition) is 2. The van der Waals surface area contributed by atoms with Crippen LogP contribution in [0.15, 0.2) is 60.8 Å². The van der Waals surface area contributed by atoms with Crippen LogP contribution in [0.25, 0.3) is 22.0 Å². The van der Waals surface area contributed by atoms with Crippen LogP contribution in [0.1, 0.15) is 22.7 Å². The fourth-order valence-electron chi connectivity index (χ4n) is 4.53. The minimum Gasteiger partial charge on any atom is -0.497 e. The number of amides is 2. The molecule has 2 amide bonds. The summed E-state index contributed by atoms with van der Waals surface area (Å²) in [5, 5.41) is 0.801. The second-order valence-electron chi connectivity index (χ2n) is 7.88. The Bertz CT molecular complexity index is 1330. The fraction of sp³-hybridized carbons (Fsp3) is 0.160. The Labute approximate surface area is 189 Å². The van der Waals surface area contributed by atoms with Gasteiger partial charge in [-0.25, -0.2) is 9.18 Å². The van der Waals surface area contributed by atoms with Gasteiger partial charge in [-0.05, 0) is 52.9 Å². The first kappa shape index (κ1) is 20.4. The van der Waals surface area contributed by atoms with E-state index in [2.05, 4.69) is 11.1 Å². The summed E-state index contributed by atoms with van der Waals surface area (Å²) in [6.07, 6.45) is 2.49. The number of rotatable bonds is 3. The normalized spacial score (nSPS) is 15.6. The number of ether oxygens (including phenoxy) is 1. The monoisotopic (exact) mass is 449 g/mol. The number of carbonyl (C=O) groups is 1. The Morgan fingerprint density at radius 2 is 1.88 bits per heavy atom. The molecule has 0 fully saturated rings. The highest BCUT2D eigenvalue weighted by molar-refractivity contribution is 6.31. The zero-order valence-electron chi connectivity index (χ0n) is 17.4. The second kappa shape index (κ2) is 7.88. The van der Waals surface area contributed by atoms with E-state index >= 15 is 0 Å². The van der Waals surface area contributed by atoms with Gasteiger partial charge in [0.15, 0.2) is 0 Å². The van der Waals surface area contributed by atoms with Crippen LogP contribution in [0.4, 0.5) is 9.18 Å². The average molecular weight is 450 g/mol. The maximum absolute atomic E-state index is 14.0. The quantitative estimate of drug-likeness (QED) is 0.423. The van der Waals surface area contributed by atoms with Crippen molar-refractivity contribution >= 4 is 28.5 Å². The summed E-state index contributed by atoms with van der Waals surface area (Å²) in [5.74, 6) is 0.311. The van der Waals surface area contributed by atoms with Crippen LogP contribution in [-0.4, -0.2) is 29.6 Å². The van der Waals surface area contributed by atoms with Gasteiger partial charge in [0.1, 0.15) is 11.6 Å². The largest absolute Gasteiger partial charge is 0.497 e. The van der Waals surface area contributed by atoms with Gasteiger partial charge in [-0.1, -0.05) is 41.9 Å². The number of fused-ring (bicyclic) bond motifs is 2. The number of carbonyl (C=O) groups excluding carboxylic acids is 1. The van der Waals surface area contributed by atoms with E-state index in [1.54, 1.807) is 24.3 Å². The molecule has 3 N–H and O–H groups in total. The third-order valence-corrected chi connectivity index (χ3v) is 6.42. The van der Waals surface area contributed by atoms with Gasteiger partial charge in [-0.3, -0.25) is 0 Å². The topological polar surface area (TPSA) is 71.3 Å². The van der Waals surface area contributed by atoms with E-state index in [0.717, 1.165) is 39.0 Å². The highest BCUT2D eigenvalue weighted by atomic mass is 35.5. The first-order valence-corrected chi connectivity index (χ1v) is 10.6. The van der Waals surface area contributed by atoms with Crippen LogP contribution in [0, 0.1) is 5.82 Å². The molecule has 1 atom stereocenters. The van der Waals surface area contributed by atoms with Crippen molar-refractivity contribution in [2.75, 3.05) is 13.7 Å². The standard InChI is InChI=1S/C25H21ClFN3O2/c1-32-17-5-2-14(3-6-17)15-4-7-18-16(10-15)8-9-30(25(28)31)24(18)20-13-29-23-12-22(27)21(26)11-19(20)23/h2-7,10-13,24,29H,8-9H2,1H3,(H2,28,31). The van der Waals surface area contributed by atoms with Gasteiger partial charge in [0.25, 0.3) is 0 Å². The molecule has 0 spiro atoms. The molecule has 1 aliphatic rings. The van der Waals surface area contributed by atoms with Crippen LogP contribution >= 0.6 is 11.6 Å². The van der Waals surface area contributed by atoms with Crippen molar-refractivity contribution in [1.29, 1.82) is 0 Å². The lowest BCUT2D eigenvalue weighted by molar-refractivity contribution is 0.190. The van der Waals surface area contributed by atoms with E-state index in [1.165, 1.54) is 6.07 Å². The highest BCUT2D eigenvalue weighted by Gasteiger charge is 2.33. The maximum Gasteiger partial charge on any atom is 0.315 e.